The highest BCUT2D eigenvalue weighted by molar-refractivity contribution is 9.10. The molecular formula is C14H6BrClF3O3-. The Labute approximate surface area is 136 Å². The van der Waals surface area contributed by atoms with Crippen LogP contribution in [0, 0.1) is 0 Å². The molecule has 0 unspecified atom stereocenters. The SMILES string of the molecule is O=C([O-])c1c(Br)cccc1Oc1ccc(C(F)(F)F)cc1Cl. The summed E-state index contributed by atoms with van der Waals surface area (Å²) >= 11 is 8.79. The molecule has 0 aliphatic heterocycles. The van der Waals surface area contributed by atoms with Crippen LogP contribution in [0.2, 0.25) is 5.02 Å². The summed E-state index contributed by atoms with van der Waals surface area (Å²) in [6.45, 7) is 0. The van der Waals surface area contributed by atoms with Crippen LogP contribution in [0.5, 0.6) is 11.5 Å². The van der Waals surface area contributed by atoms with Gasteiger partial charge in [-0.2, -0.15) is 13.2 Å². The Morgan fingerprint density at radius 2 is 1.86 bits per heavy atom. The fourth-order valence-electron chi connectivity index (χ4n) is 1.67. The second-order valence-corrected chi connectivity index (χ2v) is 5.41. The third kappa shape index (κ3) is 3.53. The lowest BCUT2D eigenvalue weighted by Gasteiger charge is -2.15. The van der Waals surface area contributed by atoms with Gasteiger partial charge in [0.15, 0.2) is 0 Å². The lowest BCUT2D eigenvalue weighted by molar-refractivity contribution is -0.255. The summed E-state index contributed by atoms with van der Waals surface area (Å²) in [5, 5.41) is 10.8. The predicted molar refractivity (Wildman–Crippen MR) is 75.0 cm³/mol. The third-order valence-corrected chi connectivity index (χ3v) is 3.61. The van der Waals surface area contributed by atoms with E-state index in [1.807, 2.05) is 0 Å². The fourth-order valence-corrected chi connectivity index (χ4v) is 2.39. The smallest absolute Gasteiger partial charge is 0.416 e. The van der Waals surface area contributed by atoms with E-state index in [9.17, 15) is 23.1 Å². The molecule has 2 aromatic carbocycles. The minimum absolute atomic E-state index is 0.101. The van der Waals surface area contributed by atoms with E-state index in [0.717, 1.165) is 12.1 Å². The van der Waals surface area contributed by atoms with Gasteiger partial charge in [-0.15, -0.1) is 0 Å². The van der Waals surface area contributed by atoms with Crippen LogP contribution < -0.4 is 9.84 Å². The topological polar surface area (TPSA) is 49.4 Å². The fraction of sp³-hybridized carbons (Fsp3) is 0.0714. The monoisotopic (exact) mass is 393 g/mol. The molecule has 0 spiro atoms. The lowest BCUT2D eigenvalue weighted by Crippen LogP contribution is -2.23. The van der Waals surface area contributed by atoms with Gasteiger partial charge >= 0.3 is 6.18 Å². The molecule has 0 aliphatic carbocycles. The van der Waals surface area contributed by atoms with Crippen molar-refractivity contribution in [3.05, 3.63) is 57.0 Å². The molecule has 2 rings (SSSR count). The quantitative estimate of drug-likeness (QED) is 0.781. The zero-order valence-corrected chi connectivity index (χ0v) is 12.9. The van der Waals surface area contributed by atoms with E-state index in [1.54, 1.807) is 0 Å². The number of alkyl halides is 3. The molecule has 0 heterocycles. The second kappa shape index (κ2) is 6.18. The largest absolute Gasteiger partial charge is 0.545 e. The van der Waals surface area contributed by atoms with E-state index in [4.69, 9.17) is 16.3 Å². The summed E-state index contributed by atoms with van der Waals surface area (Å²) in [5.74, 6) is -1.70. The Morgan fingerprint density at radius 1 is 1.18 bits per heavy atom. The number of halogens is 5. The van der Waals surface area contributed by atoms with Gasteiger partial charge in [0.2, 0.25) is 0 Å². The average molecular weight is 395 g/mol. The number of carbonyl (C=O) groups excluding carboxylic acids is 1. The molecule has 2 aromatic rings. The van der Waals surface area contributed by atoms with Gasteiger partial charge in [-0.3, -0.25) is 0 Å². The average Bonchev–Trinajstić information content (AvgIpc) is 2.39. The number of carbonyl (C=O) groups is 1. The normalized spacial score (nSPS) is 11.3. The Bertz CT molecular complexity index is 732. The third-order valence-electron chi connectivity index (χ3n) is 2.66. The van der Waals surface area contributed by atoms with Gasteiger partial charge in [0.1, 0.15) is 11.5 Å². The van der Waals surface area contributed by atoms with Crippen molar-refractivity contribution in [1.29, 1.82) is 0 Å². The van der Waals surface area contributed by atoms with E-state index in [1.165, 1.54) is 18.2 Å². The van der Waals surface area contributed by atoms with Crippen molar-refractivity contribution in [3.63, 3.8) is 0 Å². The van der Waals surface area contributed by atoms with Crippen molar-refractivity contribution in [3.8, 4) is 11.5 Å². The standard InChI is InChI=1S/C14H7BrClF3O3/c15-8-2-1-3-11(12(8)13(20)21)22-10-5-4-7(6-9(10)16)14(17,18)19/h1-6H,(H,20,21)/p-1. The first-order valence-corrected chi connectivity index (χ1v) is 6.91. The van der Waals surface area contributed by atoms with Crippen LogP contribution in [-0.2, 0) is 6.18 Å². The molecule has 0 saturated heterocycles. The maximum atomic E-state index is 12.6. The second-order valence-electron chi connectivity index (χ2n) is 4.15. The Balaban J connectivity index is 2.41. The molecule has 0 fully saturated rings. The highest BCUT2D eigenvalue weighted by Crippen LogP contribution is 2.37. The van der Waals surface area contributed by atoms with Crippen LogP contribution in [0.3, 0.4) is 0 Å². The zero-order valence-electron chi connectivity index (χ0n) is 10.6. The van der Waals surface area contributed by atoms with Gasteiger partial charge < -0.3 is 14.6 Å². The van der Waals surface area contributed by atoms with Gasteiger partial charge in [-0.25, -0.2) is 0 Å². The number of hydrogen-bond donors (Lipinski definition) is 0. The van der Waals surface area contributed by atoms with Crippen molar-refractivity contribution in [2.75, 3.05) is 0 Å². The van der Waals surface area contributed by atoms with Crippen LogP contribution in [0.25, 0.3) is 0 Å². The Morgan fingerprint density at radius 3 is 2.41 bits per heavy atom. The summed E-state index contributed by atoms with van der Waals surface area (Å²) in [6.07, 6.45) is -4.53. The maximum Gasteiger partial charge on any atom is 0.416 e. The number of carboxylic acid groups (broad SMARTS) is 1. The summed E-state index contributed by atoms with van der Waals surface area (Å²) < 4.78 is 43.2. The Kier molecular flexibility index (Phi) is 4.67. The molecule has 0 aromatic heterocycles. The van der Waals surface area contributed by atoms with Crippen molar-refractivity contribution in [2.45, 2.75) is 6.18 Å². The van der Waals surface area contributed by atoms with Gasteiger partial charge in [-0.1, -0.05) is 17.7 Å². The Hall–Kier alpha value is -1.73. The van der Waals surface area contributed by atoms with Crippen molar-refractivity contribution < 1.29 is 27.8 Å². The molecule has 116 valence electrons. The number of benzene rings is 2. The number of hydrogen-bond acceptors (Lipinski definition) is 3. The molecule has 22 heavy (non-hydrogen) atoms. The number of ether oxygens (including phenoxy) is 1. The van der Waals surface area contributed by atoms with Crippen molar-refractivity contribution in [1.82, 2.24) is 0 Å². The summed E-state index contributed by atoms with van der Waals surface area (Å²) in [6, 6.07) is 6.82. The van der Waals surface area contributed by atoms with Crippen LogP contribution in [-0.4, -0.2) is 5.97 Å². The number of rotatable bonds is 3. The molecule has 8 heteroatoms. The molecule has 0 radical (unpaired) electrons. The maximum absolute atomic E-state index is 12.6. The molecule has 3 nitrogen and oxygen atoms in total. The van der Waals surface area contributed by atoms with Crippen LogP contribution >= 0.6 is 27.5 Å². The van der Waals surface area contributed by atoms with E-state index in [0.29, 0.717) is 6.07 Å². The van der Waals surface area contributed by atoms with Crippen LogP contribution in [0.4, 0.5) is 13.2 Å². The highest BCUT2D eigenvalue weighted by atomic mass is 79.9. The van der Waals surface area contributed by atoms with Crippen LogP contribution in [0.15, 0.2) is 40.9 Å². The van der Waals surface area contributed by atoms with E-state index >= 15 is 0 Å². The van der Waals surface area contributed by atoms with E-state index in [-0.39, 0.29) is 26.6 Å². The summed E-state index contributed by atoms with van der Waals surface area (Å²) in [7, 11) is 0. The molecular weight excluding hydrogens is 389 g/mol. The number of aromatic carboxylic acids is 1. The van der Waals surface area contributed by atoms with Gasteiger partial charge in [0.25, 0.3) is 0 Å². The zero-order chi connectivity index (χ0) is 16.5. The molecule has 0 aliphatic rings. The first kappa shape index (κ1) is 16.6. The number of carboxylic acids is 1. The van der Waals surface area contributed by atoms with Crippen LogP contribution in [0.1, 0.15) is 15.9 Å². The summed E-state index contributed by atoms with van der Waals surface area (Å²) in [4.78, 5) is 11.1. The molecule has 0 atom stereocenters. The molecule has 0 amide bonds. The van der Waals surface area contributed by atoms with E-state index in [2.05, 4.69) is 15.9 Å². The summed E-state index contributed by atoms with van der Waals surface area (Å²) in [5.41, 5.74) is -1.20. The molecule has 0 saturated carbocycles. The molecule has 0 bridgehead atoms. The van der Waals surface area contributed by atoms with Crippen molar-refractivity contribution in [2.24, 2.45) is 0 Å². The van der Waals surface area contributed by atoms with Gasteiger partial charge in [-0.05, 0) is 46.3 Å². The minimum atomic E-state index is -4.53. The minimum Gasteiger partial charge on any atom is -0.545 e. The van der Waals surface area contributed by atoms with Gasteiger partial charge in [0, 0.05) is 4.47 Å². The molecule has 0 N–H and O–H groups in total. The first-order chi connectivity index (χ1) is 10.2. The first-order valence-electron chi connectivity index (χ1n) is 5.74. The van der Waals surface area contributed by atoms with Crippen molar-refractivity contribution >= 4 is 33.5 Å². The van der Waals surface area contributed by atoms with Gasteiger partial charge in [0.05, 0.1) is 22.1 Å². The van der Waals surface area contributed by atoms with E-state index < -0.39 is 17.7 Å². The lowest BCUT2D eigenvalue weighted by atomic mass is 10.2. The predicted octanol–water partition coefficient (Wildman–Crippen LogP) is 4.28. The highest BCUT2D eigenvalue weighted by Gasteiger charge is 2.31.